The molecule has 0 amide bonds. The van der Waals surface area contributed by atoms with Crippen molar-refractivity contribution in [2.24, 2.45) is 5.41 Å². The topological polar surface area (TPSA) is 0 Å². The van der Waals surface area contributed by atoms with Crippen LogP contribution in [0.4, 0.5) is 0 Å². The minimum atomic E-state index is -1.22. The van der Waals surface area contributed by atoms with Gasteiger partial charge in [-0.25, -0.2) is 0 Å². The summed E-state index contributed by atoms with van der Waals surface area (Å²) in [6.07, 6.45) is 6.77. The zero-order valence-electron chi connectivity index (χ0n) is 12.0. The van der Waals surface area contributed by atoms with E-state index in [1.54, 1.807) is 10.8 Å². The summed E-state index contributed by atoms with van der Waals surface area (Å²) in [5.74, 6) is 0. The van der Waals surface area contributed by atoms with Crippen LogP contribution in [-0.4, -0.2) is 8.07 Å². The highest BCUT2D eigenvalue weighted by molar-refractivity contribution is 6.83. The maximum absolute atomic E-state index is 3.83. The van der Waals surface area contributed by atoms with Gasteiger partial charge in [0.05, 0.1) is 8.07 Å². The van der Waals surface area contributed by atoms with Crippen LogP contribution in [-0.2, 0) is 0 Å². The van der Waals surface area contributed by atoms with Crippen LogP contribution in [0.15, 0.2) is 16.5 Å². The summed E-state index contributed by atoms with van der Waals surface area (Å²) in [6.45, 7) is 14.4. The maximum Gasteiger partial charge on any atom is 0.0830 e. The molecule has 0 saturated heterocycles. The molecule has 0 nitrogen and oxygen atoms in total. The average Bonchev–Trinajstić information content (AvgIpc) is 2.12. The number of allylic oxidation sites excluding steroid dienone is 1. The lowest BCUT2D eigenvalue weighted by molar-refractivity contribution is 0.524. The number of hydrogen-bond donors (Lipinski definition) is 0. The van der Waals surface area contributed by atoms with Crippen LogP contribution >= 0.6 is 0 Å². The van der Waals surface area contributed by atoms with Gasteiger partial charge in [0.15, 0.2) is 0 Å². The summed E-state index contributed by atoms with van der Waals surface area (Å²) in [4.78, 5) is 0. The SMILES string of the molecule is CC(C)(C)C(=C=C1CCCCC1)[Si](C)(C)C. The fraction of sp³-hybridized carbons (Fsp3) is 0.800. The van der Waals surface area contributed by atoms with E-state index in [2.05, 4.69) is 46.1 Å². The van der Waals surface area contributed by atoms with Crippen molar-refractivity contribution in [2.45, 2.75) is 72.5 Å². The molecule has 0 N–H and O–H groups in total. The quantitative estimate of drug-likeness (QED) is 0.426. The molecule has 1 aliphatic rings. The van der Waals surface area contributed by atoms with E-state index in [4.69, 9.17) is 0 Å². The maximum atomic E-state index is 3.83. The molecule has 0 aliphatic heterocycles. The second-order valence-electron chi connectivity index (χ2n) is 7.16. The first-order chi connectivity index (χ1) is 7.21. The third-order valence-corrected chi connectivity index (χ3v) is 5.63. The van der Waals surface area contributed by atoms with Crippen LogP contribution in [0.5, 0.6) is 0 Å². The molecule has 1 saturated carbocycles. The van der Waals surface area contributed by atoms with Crippen molar-refractivity contribution in [3.8, 4) is 0 Å². The van der Waals surface area contributed by atoms with Gasteiger partial charge in [-0.05, 0) is 41.9 Å². The minimum absolute atomic E-state index is 0.301. The van der Waals surface area contributed by atoms with E-state index in [1.165, 1.54) is 32.1 Å². The minimum Gasteiger partial charge on any atom is -0.127 e. The van der Waals surface area contributed by atoms with Crippen LogP contribution < -0.4 is 0 Å². The number of rotatable bonds is 1. The van der Waals surface area contributed by atoms with Crippen LogP contribution in [0.1, 0.15) is 52.9 Å². The van der Waals surface area contributed by atoms with Gasteiger partial charge in [0.25, 0.3) is 0 Å². The Morgan fingerprint density at radius 2 is 1.50 bits per heavy atom. The molecule has 1 heteroatoms. The van der Waals surface area contributed by atoms with Crippen LogP contribution in [0.2, 0.25) is 19.6 Å². The van der Waals surface area contributed by atoms with E-state index in [0.717, 1.165) is 0 Å². The third kappa shape index (κ3) is 3.96. The zero-order chi connectivity index (χ0) is 12.4. The van der Waals surface area contributed by atoms with Crippen molar-refractivity contribution >= 4 is 8.07 Å². The lowest BCUT2D eigenvalue weighted by atomic mass is 9.92. The normalized spacial score (nSPS) is 18.2. The Hall–Kier alpha value is -0.263. The van der Waals surface area contributed by atoms with Crippen molar-refractivity contribution in [2.75, 3.05) is 0 Å². The first-order valence-electron chi connectivity index (χ1n) is 6.71. The largest absolute Gasteiger partial charge is 0.127 e. The van der Waals surface area contributed by atoms with E-state index in [-0.39, 0.29) is 0 Å². The molecule has 0 heterocycles. The first kappa shape index (κ1) is 13.8. The van der Waals surface area contributed by atoms with E-state index >= 15 is 0 Å². The molecule has 0 unspecified atom stereocenters. The predicted molar refractivity (Wildman–Crippen MR) is 76.4 cm³/mol. The Morgan fingerprint density at radius 1 is 1.00 bits per heavy atom. The van der Waals surface area contributed by atoms with Crippen molar-refractivity contribution in [3.05, 3.63) is 16.5 Å². The lowest BCUT2D eigenvalue weighted by Crippen LogP contribution is -2.32. The van der Waals surface area contributed by atoms with E-state index < -0.39 is 8.07 Å². The standard InChI is InChI=1S/C15H28Si/c1-15(2,3)14(16(4,5)6)12-13-10-8-7-9-11-13/h7-11H2,1-6H3. The summed E-state index contributed by atoms with van der Waals surface area (Å²) in [5.41, 5.74) is 5.73. The van der Waals surface area contributed by atoms with Gasteiger partial charge in [-0.15, -0.1) is 5.73 Å². The van der Waals surface area contributed by atoms with E-state index in [1.807, 2.05) is 0 Å². The molecule has 0 spiro atoms. The van der Waals surface area contributed by atoms with Crippen LogP contribution in [0.3, 0.4) is 0 Å². The van der Waals surface area contributed by atoms with Gasteiger partial charge in [-0.1, -0.05) is 46.8 Å². The average molecular weight is 236 g/mol. The smallest absolute Gasteiger partial charge is 0.0830 e. The molecule has 0 aromatic carbocycles. The van der Waals surface area contributed by atoms with Crippen LogP contribution in [0.25, 0.3) is 0 Å². The van der Waals surface area contributed by atoms with Gasteiger partial charge in [-0.3, -0.25) is 0 Å². The fourth-order valence-corrected chi connectivity index (χ4v) is 5.58. The van der Waals surface area contributed by atoms with Gasteiger partial charge in [0, 0.05) is 0 Å². The highest BCUT2D eigenvalue weighted by Gasteiger charge is 2.29. The molecular weight excluding hydrogens is 208 g/mol. The van der Waals surface area contributed by atoms with Gasteiger partial charge >= 0.3 is 0 Å². The van der Waals surface area contributed by atoms with Gasteiger partial charge in [0.2, 0.25) is 0 Å². The summed E-state index contributed by atoms with van der Waals surface area (Å²) in [7, 11) is -1.22. The van der Waals surface area contributed by atoms with Crippen molar-refractivity contribution < 1.29 is 0 Å². The molecular formula is C15H28Si. The van der Waals surface area contributed by atoms with Crippen molar-refractivity contribution in [1.29, 1.82) is 0 Å². The zero-order valence-corrected chi connectivity index (χ0v) is 13.0. The molecule has 1 aliphatic carbocycles. The Morgan fingerprint density at radius 3 is 1.88 bits per heavy atom. The molecule has 0 aromatic heterocycles. The van der Waals surface area contributed by atoms with Gasteiger partial charge < -0.3 is 0 Å². The van der Waals surface area contributed by atoms with Crippen molar-refractivity contribution in [1.82, 2.24) is 0 Å². The molecule has 1 rings (SSSR count). The molecule has 0 aromatic rings. The van der Waals surface area contributed by atoms with Gasteiger partial charge in [0.1, 0.15) is 0 Å². The third-order valence-electron chi connectivity index (χ3n) is 3.26. The summed E-state index contributed by atoms with van der Waals surface area (Å²) < 4.78 is 0. The summed E-state index contributed by atoms with van der Waals surface area (Å²) in [6, 6.07) is 0. The Bertz CT molecular complexity index is 279. The molecule has 0 atom stereocenters. The Kier molecular flexibility index (Phi) is 4.26. The first-order valence-corrected chi connectivity index (χ1v) is 10.2. The summed E-state index contributed by atoms with van der Waals surface area (Å²) >= 11 is 0. The Labute approximate surface area is 103 Å². The van der Waals surface area contributed by atoms with Gasteiger partial charge in [-0.2, -0.15) is 0 Å². The van der Waals surface area contributed by atoms with Crippen LogP contribution in [0, 0.1) is 5.41 Å². The fourth-order valence-electron chi connectivity index (χ4n) is 2.78. The van der Waals surface area contributed by atoms with Crippen molar-refractivity contribution in [3.63, 3.8) is 0 Å². The molecule has 1 fully saturated rings. The summed E-state index contributed by atoms with van der Waals surface area (Å²) in [5, 5.41) is 1.62. The van der Waals surface area contributed by atoms with E-state index in [0.29, 0.717) is 5.41 Å². The molecule has 0 radical (unpaired) electrons. The highest BCUT2D eigenvalue weighted by atomic mass is 28.3. The Balaban J connectivity index is 3.14. The van der Waals surface area contributed by atoms with E-state index in [9.17, 15) is 0 Å². The molecule has 16 heavy (non-hydrogen) atoms. The number of hydrogen-bond acceptors (Lipinski definition) is 0. The molecule has 0 bridgehead atoms. The monoisotopic (exact) mass is 236 g/mol. The molecule has 92 valence electrons. The highest BCUT2D eigenvalue weighted by Crippen LogP contribution is 2.33. The second-order valence-corrected chi connectivity index (χ2v) is 12.2. The lowest BCUT2D eigenvalue weighted by Gasteiger charge is -2.31. The predicted octanol–water partition coefficient (Wildman–Crippen LogP) is 5.33. The second kappa shape index (κ2) is 4.94.